The molecule has 0 bridgehead atoms. The van der Waals surface area contributed by atoms with Crippen molar-refractivity contribution in [2.24, 2.45) is 0 Å². The van der Waals surface area contributed by atoms with E-state index in [1.54, 1.807) is 11.2 Å². The fraction of sp³-hybridized carbons (Fsp3) is 0.556. The summed E-state index contributed by atoms with van der Waals surface area (Å²) in [6, 6.07) is 0. The number of anilines is 1. The quantitative estimate of drug-likeness (QED) is 0.594. The molecule has 2 rings (SSSR count). The van der Waals surface area contributed by atoms with Gasteiger partial charge in [0, 0.05) is 20.0 Å². The number of amides is 1. The number of carbonyl (C=O) groups excluding carboxylic acids is 1. The van der Waals surface area contributed by atoms with Gasteiger partial charge in [0.2, 0.25) is 5.91 Å². The van der Waals surface area contributed by atoms with Gasteiger partial charge < -0.3 is 4.57 Å². The summed E-state index contributed by atoms with van der Waals surface area (Å²) in [6.07, 6.45) is 3.35. The van der Waals surface area contributed by atoms with E-state index in [1.807, 2.05) is 18.5 Å². The van der Waals surface area contributed by atoms with Gasteiger partial charge in [0.05, 0.1) is 12.0 Å². The van der Waals surface area contributed by atoms with Crippen LogP contribution in [0.5, 0.6) is 0 Å². The summed E-state index contributed by atoms with van der Waals surface area (Å²) in [6.45, 7) is 2.83. The van der Waals surface area contributed by atoms with Crippen molar-refractivity contribution in [1.82, 2.24) is 9.55 Å². The van der Waals surface area contributed by atoms with Gasteiger partial charge >= 0.3 is 0 Å². The molecule has 0 fully saturated rings. The number of imidazole rings is 1. The first-order valence-corrected chi connectivity index (χ1v) is 4.48. The fourth-order valence-corrected chi connectivity index (χ4v) is 1.76. The number of carbonyl (C=O) groups is 1. The summed E-state index contributed by atoms with van der Waals surface area (Å²) >= 11 is 0. The van der Waals surface area contributed by atoms with Crippen LogP contribution in [0, 0.1) is 6.92 Å². The number of rotatable bonds is 0. The van der Waals surface area contributed by atoms with Crippen molar-refractivity contribution in [3.8, 4) is 0 Å². The maximum absolute atomic E-state index is 11.5. The van der Waals surface area contributed by atoms with Gasteiger partial charge in [-0.15, -0.1) is 0 Å². The maximum atomic E-state index is 11.5. The van der Waals surface area contributed by atoms with Crippen LogP contribution in [0.15, 0.2) is 6.33 Å². The van der Waals surface area contributed by atoms with E-state index in [2.05, 4.69) is 4.98 Å². The summed E-state index contributed by atoms with van der Waals surface area (Å²) in [5.41, 5.74) is 0.928. The van der Waals surface area contributed by atoms with E-state index >= 15 is 0 Å². The number of nitrogens with zero attached hydrogens (tertiary/aromatic N) is 3. The molecule has 0 saturated carbocycles. The van der Waals surface area contributed by atoms with Crippen LogP contribution in [0.4, 0.5) is 5.82 Å². The van der Waals surface area contributed by atoms with E-state index in [0.717, 1.165) is 24.5 Å². The predicted molar refractivity (Wildman–Crippen MR) is 49.6 cm³/mol. The third kappa shape index (κ3) is 1.22. The smallest absolute Gasteiger partial charge is 0.227 e. The Morgan fingerprint density at radius 2 is 2.31 bits per heavy atom. The highest BCUT2D eigenvalue weighted by atomic mass is 16.2. The summed E-state index contributed by atoms with van der Waals surface area (Å²) in [7, 11) is 1.81. The van der Waals surface area contributed by atoms with E-state index in [0.29, 0.717) is 6.42 Å². The lowest BCUT2D eigenvalue weighted by molar-refractivity contribution is -0.118. The second kappa shape index (κ2) is 2.87. The fourth-order valence-electron chi connectivity index (χ4n) is 1.76. The number of aryl methyl sites for hydroxylation is 2. The average molecular weight is 179 g/mol. The van der Waals surface area contributed by atoms with Crippen LogP contribution in [0.3, 0.4) is 0 Å². The maximum Gasteiger partial charge on any atom is 0.227 e. The van der Waals surface area contributed by atoms with Crippen molar-refractivity contribution in [3.05, 3.63) is 12.0 Å². The summed E-state index contributed by atoms with van der Waals surface area (Å²) < 4.78 is 2.04. The van der Waals surface area contributed by atoms with Crippen LogP contribution in [-0.4, -0.2) is 22.5 Å². The first-order valence-electron chi connectivity index (χ1n) is 4.48. The predicted octanol–water partition coefficient (Wildman–Crippen LogP) is 0.948. The lowest BCUT2D eigenvalue weighted by Gasteiger charge is -2.15. The van der Waals surface area contributed by atoms with E-state index in [-0.39, 0.29) is 5.91 Å². The highest BCUT2D eigenvalue weighted by molar-refractivity contribution is 5.92. The Bertz CT molecular complexity index is 343. The lowest BCUT2D eigenvalue weighted by atomic mass is 10.3. The van der Waals surface area contributed by atoms with Gasteiger partial charge in [0.15, 0.2) is 0 Å². The molecule has 1 aromatic heterocycles. The van der Waals surface area contributed by atoms with Gasteiger partial charge in [-0.2, -0.15) is 0 Å². The molecule has 0 unspecified atom stereocenters. The van der Waals surface area contributed by atoms with Crippen LogP contribution in [0.25, 0.3) is 0 Å². The monoisotopic (exact) mass is 179 g/mol. The zero-order valence-electron chi connectivity index (χ0n) is 7.95. The molecular weight excluding hydrogens is 166 g/mol. The van der Waals surface area contributed by atoms with Gasteiger partial charge in [0.25, 0.3) is 0 Å². The molecule has 4 heteroatoms. The normalized spacial score (nSPS) is 17.1. The molecule has 0 aliphatic carbocycles. The first kappa shape index (κ1) is 8.29. The van der Waals surface area contributed by atoms with E-state index in [4.69, 9.17) is 0 Å². The van der Waals surface area contributed by atoms with Gasteiger partial charge in [-0.25, -0.2) is 4.98 Å². The van der Waals surface area contributed by atoms with Crippen LogP contribution in [0.1, 0.15) is 18.5 Å². The van der Waals surface area contributed by atoms with Crippen molar-refractivity contribution in [2.75, 3.05) is 11.9 Å². The zero-order chi connectivity index (χ0) is 9.42. The van der Waals surface area contributed by atoms with Crippen LogP contribution in [0.2, 0.25) is 0 Å². The highest BCUT2D eigenvalue weighted by Gasteiger charge is 2.20. The molecule has 2 heterocycles. The molecular formula is C9H13N3O. The Kier molecular flexibility index (Phi) is 1.83. The summed E-state index contributed by atoms with van der Waals surface area (Å²) in [4.78, 5) is 17.4. The van der Waals surface area contributed by atoms with Crippen molar-refractivity contribution in [1.29, 1.82) is 0 Å². The molecule has 13 heavy (non-hydrogen) atoms. The number of hydrogen-bond acceptors (Lipinski definition) is 2. The van der Waals surface area contributed by atoms with Crippen LogP contribution < -0.4 is 4.90 Å². The number of aromatic nitrogens is 2. The number of hydrogen-bond donors (Lipinski definition) is 0. The standard InChI is InChI=1S/C9H13N3O/c1-7-9-11(2)8(13)4-3-5-12(9)6-10-7/h6H,3-5H2,1-2H3. The molecule has 0 atom stereocenters. The molecule has 0 aromatic carbocycles. The minimum absolute atomic E-state index is 0.183. The van der Waals surface area contributed by atoms with Crippen molar-refractivity contribution >= 4 is 11.7 Å². The molecule has 1 aliphatic rings. The Morgan fingerprint density at radius 1 is 1.54 bits per heavy atom. The average Bonchev–Trinajstić information content (AvgIpc) is 2.39. The molecule has 0 saturated heterocycles. The Morgan fingerprint density at radius 3 is 3.08 bits per heavy atom. The molecule has 0 radical (unpaired) electrons. The largest absolute Gasteiger partial charge is 0.317 e. The minimum atomic E-state index is 0.183. The Labute approximate surface area is 77.2 Å². The van der Waals surface area contributed by atoms with Gasteiger partial charge in [-0.1, -0.05) is 0 Å². The molecule has 1 aliphatic heterocycles. The molecule has 1 aromatic rings. The summed E-state index contributed by atoms with van der Waals surface area (Å²) in [5, 5.41) is 0. The first-order chi connectivity index (χ1) is 6.20. The SMILES string of the molecule is Cc1ncn2c1N(C)C(=O)CCC2. The topological polar surface area (TPSA) is 38.1 Å². The van der Waals surface area contributed by atoms with Crippen molar-refractivity contribution < 1.29 is 4.79 Å². The van der Waals surface area contributed by atoms with E-state index in [1.165, 1.54) is 0 Å². The number of fused-ring (bicyclic) bond motifs is 1. The van der Waals surface area contributed by atoms with Gasteiger partial charge in [-0.05, 0) is 13.3 Å². The molecule has 4 nitrogen and oxygen atoms in total. The Balaban J connectivity index is 2.49. The van der Waals surface area contributed by atoms with Crippen molar-refractivity contribution in [2.45, 2.75) is 26.3 Å². The van der Waals surface area contributed by atoms with Crippen LogP contribution in [-0.2, 0) is 11.3 Å². The summed E-state index contributed by atoms with van der Waals surface area (Å²) in [5.74, 6) is 1.13. The minimum Gasteiger partial charge on any atom is -0.317 e. The zero-order valence-corrected chi connectivity index (χ0v) is 7.95. The second-order valence-electron chi connectivity index (χ2n) is 3.40. The Hall–Kier alpha value is -1.32. The van der Waals surface area contributed by atoms with E-state index in [9.17, 15) is 4.79 Å². The van der Waals surface area contributed by atoms with Crippen molar-refractivity contribution in [3.63, 3.8) is 0 Å². The lowest BCUT2D eigenvalue weighted by Crippen LogP contribution is -2.26. The molecule has 0 N–H and O–H groups in total. The molecule has 0 spiro atoms. The van der Waals surface area contributed by atoms with Gasteiger partial charge in [-0.3, -0.25) is 9.69 Å². The third-order valence-corrected chi connectivity index (χ3v) is 2.47. The van der Waals surface area contributed by atoms with Crippen LogP contribution >= 0.6 is 0 Å². The second-order valence-corrected chi connectivity index (χ2v) is 3.40. The van der Waals surface area contributed by atoms with Gasteiger partial charge in [0.1, 0.15) is 5.82 Å². The van der Waals surface area contributed by atoms with E-state index < -0.39 is 0 Å². The third-order valence-electron chi connectivity index (χ3n) is 2.47. The molecule has 70 valence electrons. The molecule has 1 amide bonds. The highest BCUT2D eigenvalue weighted by Crippen LogP contribution is 2.22.